The molecule has 1 aliphatic rings. The zero-order valence-electron chi connectivity index (χ0n) is 12.8. The lowest BCUT2D eigenvalue weighted by Crippen LogP contribution is -2.24. The zero-order valence-corrected chi connectivity index (χ0v) is 14.4. The summed E-state index contributed by atoms with van der Waals surface area (Å²) in [6.45, 7) is 0. The fourth-order valence-corrected chi connectivity index (χ4v) is 2.83. The van der Waals surface area contributed by atoms with E-state index in [-0.39, 0.29) is 26.9 Å². The summed E-state index contributed by atoms with van der Waals surface area (Å²) >= 11 is 3.05. The van der Waals surface area contributed by atoms with E-state index in [2.05, 4.69) is 21.2 Å². The van der Waals surface area contributed by atoms with E-state index in [0.29, 0.717) is 5.69 Å². The molecule has 0 aromatic heterocycles. The highest BCUT2D eigenvalue weighted by Crippen LogP contribution is 2.27. The van der Waals surface area contributed by atoms with Gasteiger partial charge in [-0.2, -0.15) is 0 Å². The lowest BCUT2D eigenvalue weighted by atomic mass is 10.1. The van der Waals surface area contributed by atoms with Crippen LogP contribution in [0.2, 0.25) is 0 Å². The van der Waals surface area contributed by atoms with Crippen molar-refractivity contribution in [2.24, 2.45) is 0 Å². The molecule has 1 heterocycles. The van der Waals surface area contributed by atoms with Crippen LogP contribution in [0, 0.1) is 10.1 Å². The Labute approximate surface area is 149 Å². The molecule has 9 heteroatoms. The summed E-state index contributed by atoms with van der Waals surface area (Å²) in [4.78, 5) is 47.5. The smallest absolute Gasteiger partial charge is 0.284 e. The van der Waals surface area contributed by atoms with Gasteiger partial charge in [-0.25, -0.2) is 0 Å². The van der Waals surface area contributed by atoms with E-state index >= 15 is 0 Å². The Morgan fingerprint density at radius 2 is 1.80 bits per heavy atom. The summed E-state index contributed by atoms with van der Waals surface area (Å²) in [7, 11) is 1.38. The van der Waals surface area contributed by atoms with E-state index in [9.17, 15) is 24.5 Å². The van der Waals surface area contributed by atoms with Crippen LogP contribution in [0.5, 0.6) is 0 Å². The minimum Gasteiger partial charge on any atom is -0.322 e. The molecule has 0 radical (unpaired) electrons. The number of hydrogen-bond donors (Lipinski definition) is 1. The summed E-state index contributed by atoms with van der Waals surface area (Å²) < 4.78 is 0.263. The van der Waals surface area contributed by atoms with Crippen molar-refractivity contribution in [1.29, 1.82) is 0 Å². The molecule has 3 amide bonds. The standard InChI is InChI=1S/C16H10BrN3O5/c1-19-15(22)10-4-3-9(7-11(10)16(19)23)18-14(21)8-2-5-12(17)13(6-8)20(24)25/h2-7H,1H3,(H,18,21). The summed E-state index contributed by atoms with van der Waals surface area (Å²) in [5.74, 6) is -1.42. The number of anilines is 1. The van der Waals surface area contributed by atoms with E-state index < -0.39 is 22.6 Å². The Bertz CT molecular complexity index is 957. The van der Waals surface area contributed by atoms with Crippen LogP contribution in [0.25, 0.3) is 0 Å². The van der Waals surface area contributed by atoms with Crippen molar-refractivity contribution in [3.8, 4) is 0 Å². The molecule has 3 rings (SSSR count). The van der Waals surface area contributed by atoms with Gasteiger partial charge in [0.2, 0.25) is 0 Å². The second kappa shape index (κ2) is 6.10. The van der Waals surface area contributed by atoms with Crippen LogP contribution >= 0.6 is 15.9 Å². The van der Waals surface area contributed by atoms with Gasteiger partial charge in [-0.15, -0.1) is 0 Å². The number of carbonyl (C=O) groups excluding carboxylic acids is 3. The molecule has 0 bridgehead atoms. The predicted octanol–water partition coefficient (Wildman–Crippen LogP) is 2.84. The molecule has 0 fully saturated rings. The van der Waals surface area contributed by atoms with Crippen molar-refractivity contribution >= 4 is 45.0 Å². The molecule has 0 unspecified atom stereocenters. The van der Waals surface area contributed by atoms with Crippen LogP contribution in [-0.4, -0.2) is 34.6 Å². The Kier molecular flexibility index (Phi) is 4.09. The first kappa shape index (κ1) is 16.8. The first-order chi connectivity index (χ1) is 11.8. The van der Waals surface area contributed by atoms with Crippen LogP contribution in [0.15, 0.2) is 40.9 Å². The lowest BCUT2D eigenvalue weighted by molar-refractivity contribution is -0.385. The van der Waals surface area contributed by atoms with Gasteiger partial charge in [0.25, 0.3) is 23.4 Å². The average molecular weight is 404 g/mol. The molecule has 0 saturated carbocycles. The van der Waals surface area contributed by atoms with Crippen molar-refractivity contribution in [2.75, 3.05) is 12.4 Å². The largest absolute Gasteiger partial charge is 0.322 e. The molecule has 25 heavy (non-hydrogen) atoms. The van der Waals surface area contributed by atoms with Gasteiger partial charge in [-0.05, 0) is 46.3 Å². The second-order valence-electron chi connectivity index (χ2n) is 5.31. The Morgan fingerprint density at radius 1 is 1.12 bits per heavy atom. The van der Waals surface area contributed by atoms with Gasteiger partial charge < -0.3 is 5.32 Å². The molecule has 2 aromatic rings. The highest BCUT2D eigenvalue weighted by atomic mass is 79.9. The maximum absolute atomic E-state index is 12.3. The number of rotatable bonds is 3. The van der Waals surface area contributed by atoms with Crippen molar-refractivity contribution < 1.29 is 19.3 Å². The third-order valence-corrected chi connectivity index (χ3v) is 4.42. The van der Waals surface area contributed by atoms with Crippen molar-refractivity contribution in [3.05, 3.63) is 67.7 Å². The van der Waals surface area contributed by atoms with Crippen molar-refractivity contribution in [1.82, 2.24) is 4.90 Å². The molecule has 2 aromatic carbocycles. The number of hydrogen-bond acceptors (Lipinski definition) is 5. The monoisotopic (exact) mass is 403 g/mol. The molecule has 1 aliphatic heterocycles. The minimum atomic E-state index is -0.601. The average Bonchev–Trinajstić information content (AvgIpc) is 2.79. The minimum absolute atomic E-state index is 0.0925. The Balaban J connectivity index is 1.88. The van der Waals surface area contributed by atoms with E-state index in [0.717, 1.165) is 11.0 Å². The van der Waals surface area contributed by atoms with Gasteiger partial charge in [0.15, 0.2) is 0 Å². The van der Waals surface area contributed by atoms with Gasteiger partial charge in [0, 0.05) is 24.4 Å². The van der Waals surface area contributed by atoms with E-state index in [1.54, 1.807) is 0 Å². The number of nitrogens with one attached hydrogen (secondary N) is 1. The number of imide groups is 1. The first-order valence-corrected chi connectivity index (χ1v) is 7.80. The van der Waals surface area contributed by atoms with Gasteiger partial charge >= 0.3 is 0 Å². The third-order valence-electron chi connectivity index (χ3n) is 3.75. The van der Waals surface area contributed by atoms with Gasteiger partial charge in [0.1, 0.15) is 0 Å². The maximum atomic E-state index is 12.3. The highest BCUT2D eigenvalue weighted by molar-refractivity contribution is 9.10. The van der Waals surface area contributed by atoms with Gasteiger partial charge in [-0.1, -0.05) is 0 Å². The van der Waals surface area contributed by atoms with Gasteiger partial charge in [-0.3, -0.25) is 29.4 Å². The SMILES string of the molecule is CN1C(=O)c2ccc(NC(=O)c3ccc(Br)c([N+](=O)[O-])c3)cc2C1=O. The summed E-state index contributed by atoms with van der Waals surface area (Å²) in [6.07, 6.45) is 0. The number of amides is 3. The second-order valence-corrected chi connectivity index (χ2v) is 6.16. The van der Waals surface area contributed by atoms with E-state index in [4.69, 9.17) is 0 Å². The molecule has 1 N–H and O–H groups in total. The maximum Gasteiger partial charge on any atom is 0.284 e. The quantitative estimate of drug-likeness (QED) is 0.481. The molecule has 8 nitrogen and oxygen atoms in total. The molecule has 0 spiro atoms. The van der Waals surface area contributed by atoms with Crippen LogP contribution in [-0.2, 0) is 0 Å². The number of nitrogens with zero attached hydrogens (tertiary/aromatic N) is 2. The molecule has 126 valence electrons. The normalized spacial score (nSPS) is 13.0. The van der Waals surface area contributed by atoms with Gasteiger partial charge in [0.05, 0.1) is 20.5 Å². The van der Waals surface area contributed by atoms with Crippen LogP contribution < -0.4 is 5.32 Å². The fourth-order valence-electron chi connectivity index (χ4n) is 2.44. The van der Waals surface area contributed by atoms with Crippen molar-refractivity contribution in [2.45, 2.75) is 0 Å². The fraction of sp³-hybridized carbons (Fsp3) is 0.0625. The molecule has 0 aliphatic carbocycles. The molecular weight excluding hydrogens is 394 g/mol. The number of fused-ring (bicyclic) bond motifs is 1. The molecular formula is C16H10BrN3O5. The number of halogens is 1. The van der Waals surface area contributed by atoms with Crippen LogP contribution in [0.4, 0.5) is 11.4 Å². The number of nitro benzene ring substituents is 1. The van der Waals surface area contributed by atoms with Crippen molar-refractivity contribution in [3.63, 3.8) is 0 Å². The predicted molar refractivity (Wildman–Crippen MR) is 91.6 cm³/mol. The van der Waals surface area contributed by atoms with E-state index in [1.165, 1.54) is 37.4 Å². The first-order valence-electron chi connectivity index (χ1n) is 7.01. The molecule has 0 atom stereocenters. The summed E-state index contributed by atoms with van der Waals surface area (Å²) in [6, 6.07) is 8.35. The molecule has 0 saturated heterocycles. The zero-order chi connectivity index (χ0) is 18.3. The number of benzene rings is 2. The topological polar surface area (TPSA) is 110 Å². The Morgan fingerprint density at radius 3 is 2.48 bits per heavy atom. The van der Waals surface area contributed by atoms with E-state index in [1.807, 2.05) is 0 Å². The third kappa shape index (κ3) is 2.89. The van der Waals surface area contributed by atoms with Crippen LogP contribution in [0.3, 0.4) is 0 Å². The number of nitro groups is 1. The number of carbonyl (C=O) groups is 3. The highest BCUT2D eigenvalue weighted by Gasteiger charge is 2.32. The summed E-state index contributed by atoms with van der Waals surface area (Å²) in [5.41, 5.74) is 0.640. The van der Waals surface area contributed by atoms with Crippen LogP contribution in [0.1, 0.15) is 31.1 Å². The summed E-state index contributed by atoms with van der Waals surface area (Å²) in [5, 5.41) is 13.5. The lowest BCUT2D eigenvalue weighted by Gasteiger charge is -2.07. The Hall–Kier alpha value is -3.07.